The number of aliphatic imine (C=N–C) groups is 1. The molecule has 2 aromatic rings. The van der Waals surface area contributed by atoms with Crippen molar-refractivity contribution in [2.24, 2.45) is 4.99 Å². The maximum absolute atomic E-state index is 12.5. The van der Waals surface area contributed by atoms with Gasteiger partial charge in [0.25, 0.3) is 0 Å². The Kier molecular flexibility index (Phi) is 9.73. The number of guanidine groups is 1. The van der Waals surface area contributed by atoms with E-state index in [0.29, 0.717) is 19.5 Å². The van der Waals surface area contributed by atoms with Crippen molar-refractivity contribution in [1.82, 2.24) is 15.5 Å². The number of carbonyl (C=O) groups excluding carboxylic acids is 1. The normalized spacial score (nSPS) is 13.3. The fraction of sp³-hybridized carbons (Fsp3) is 0.364. The van der Waals surface area contributed by atoms with Crippen LogP contribution in [0.25, 0.3) is 0 Å². The van der Waals surface area contributed by atoms with Crippen LogP contribution < -0.4 is 10.6 Å². The molecule has 0 radical (unpaired) electrons. The molecule has 7 heteroatoms. The smallest absolute Gasteiger partial charge is 0.222 e. The van der Waals surface area contributed by atoms with Crippen molar-refractivity contribution >= 4 is 47.4 Å². The van der Waals surface area contributed by atoms with Gasteiger partial charge in [0.1, 0.15) is 0 Å². The second-order valence-electron chi connectivity index (χ2n) is 6.92. The van der Waals surface area contributed by atoms with Crippen LogP contribution in [0.15, 0.2) is 53.5 Å². The van der Waals surface area contributed by atoms with Gasteiger partial charge in [0.05, 0.1) is 0 Å². The summed E-state index contributed by atoms with van der Waals surface area (Å²) in [5, 5.41) is 7.26. The SMILES string of the molecule is CN=C(NCCCC(=O)N1CCc2ccccc2C1)NCc1ccc(Cl)cc1.I. The summed E-state index contributed by atoms with van der Waals surface area (Å²) in [6.07, 6.45) is 2.27. The Labute approximate surface area is 194 Å². The van der Waals surface area contributed by atoms with E-state index in [-0.39, 0.29) is 29.9 Å². The molecule has 1 aliphatic heterocycles. The molecule has 1 amide bonds. The Morgan fingerprint density at radius 1 is 1.10 bits per heavy atom. The lowest BCUT2D eigenvalue weighted by molar-refractivity contribution is -0.132. The van der Waals surface area contributed by atoms with Crippen molar-refractivity contribution in [1.29, 1.82) is 0 Å². The van der Waals surface area contributed by atoms with Gasteiger partial charge in [-0.3, -0.25) is 9.79 Å². The van der Waals surface area contributed by atoms with E-state index < -0.39 is 0 Å². The van der Waals surface area contributed by atoms with E-state index in [1.54, 1.807) is 7.05 Å². The quantitative estimate of drug-likeness (QED) is 0.259. The average molecular weight is 527 g/mol. The number of hydrogen-bond acceptors (Lipinski definition) is 2. The Morgan fingerprint density at radius 3 is 2.55 bits per heavy atom. The topological polar surface area (TPSA) is 56.7 Å². The number of rotatable bonds is 6. The molecule has 2 N–H and O–H groups in total. The van der Waals surface area contributed by atoms with E-state index in [9.17, 15) is 4.79 Å². The molecule has 1 heterocycles. The van der Waals surface area contributed by atoms with Crippen molar-refractivity contribution in [3.05, 3.63) is 70.2 Å². The third-order valence-electron chi connectivity index (χ3n) is 4.94. The third-order valence-corrected chi connectivity index (χ3v) is 5.19. The Bertz CT molecular complexity index is 826. The molecular formula is C22H28ClIN4O. The van der Waals surface area contributed by atoms with Gasteiger partial charge in [0.15, 0.2) is 5.96 Å². The zero-order valence-corrected chi connectivity index (χ0v) is 19.7. The van der Waals surface area contributed by atoms with E-state index in [1.807, 2.05) is 35.2 Å². The van der Waals surface area contributed by atoms with Crippen LogP contribution in [0.1, 0.15) is 29.5 Å². The summed E-state index contributed by atoms with van der Waals surface area (Å²) < 4.78 is 0. The summed E-state index contributed by atoms with van der Waals surface area (Å²) in [6.45, 7) is 2.92. The van der Waals surface area contributed by atoms with E-state index in [4.69, 9.17) is 11.6 Å². The minimum atomic E-state index is 0. The first kappa shape index (κ1) is 23.5. The molecule has 5 nitrogen and oxygen atoms in total. The van der Waals surface area contributed by atoms with Crippen LogP contribution in [0.2, 0.25) is 5.02 Å². The Hall–Kier alpha value is -1.80. The highest BCUT2D eigenvalue weighted by Crippen LogP contribution is 2.19. The van der Waals surface area contributed by atoms with Gasteiger partial charge in [-0.05, 0) is 41.7 Å². The van der Waals surface area contributed by atoms with Gasteiger partial charge in [-0.2, -0.15) is 0 Å². The van der Waals surface area contributed by atoms with Gasteiger partial charge in [0.2, 0.25) is 5.91 Å². The summed E-state index contributed by atoms with van der Waals surface area (Å²) in [6, 6.07) is 16.1. The molecule has 0 bridgehead atoms. The highest BCUT2D eigenvalue weighted by atomic mass is 127. The van der Waals surface area contributed by atoms with Crippen LogP contribution in [-0.4, -0.2) is 36.9 Å². The molecular weight excluding hydrogens is 499 g/mol. The number of carbonyl (C=O) groups is 1. The first-order valence-electron chi connectivity index (χ1n) is 9.69. The van der Waals surface area contributed by atoms with Gasteiger partial charge in [-0.25, -0.2) is 0 Å². The predicted octanol–water partition coefficient (Wildman–Crippen LogP) is 3.99. The number of halogens is 2. The predicted molar refractivity (Wildman–Crippen MR) is 130 cm³/mol. The van der Waals surface area contributed by atoms with Gasteiger partial charge < -0.3 is 15.5 Å². The number of nitrogens with one attached hydrogen (secondary N) is 2. The highest BCUT2D eigenvalue weighted by Gasteiger charge is 2.19. The van der Waals surface area contributed by atoms with E-state index in [2.05, 4.69) is 33.8 Å². The molecule has 156 valence electrons. The van der Waals surface area contributed by atoms with Crippen molar-refractivity contribution in [2.75, 3.05) is 20.1 Å². The van der Waals surface area contributed by atoms with E-state index >= 15 is 0 Å². The summed E-state index contributed by atoms with van der Waals surface area (Å²) in [4.78, 5) is 18.7. The largest absolute Gasteiger partial charge is 0.356 e. The molecule has 0 aliphatic carbocycles. The van der Waals surface area contributed by atoms with Crippen molar-refractivity contribution in [3.8, 4) is 0 Å². The molecule has 1 aliphatic rings. The second kappa shape index (κ2) is 12.0. The maximum atomic E-state index is 12.5. The first-order valence-corrected chi connectivity index (χ1v) is 10.1. The molecule has 0 saturated carbocycles. The van der Waals surface area contributed by atoms with E-state index in [0.717, 1.165) is 42.5 Å². The Morgan fingerprint density at radius 2 is 1.83 bits per heavy atom. The second-order valence-corrected chi connectivity index (χ2v) is 7.35. The fourth-order valence-electron chi connectivity index (χ4n) is 3.32. The van der Waals surface area contributed by atoms with Crippen molar-refractivity contribution < 1.29 is 4.79 Å². The van der Waals surface area contributed by atoms with Crippen LogP contribution in [0, 0.1) is 0 Å². The summed E-state index contributed by atoms with van der Waals surface area (Å²) in [5.41, 5.74) is 3.77. The van der Waals surface area contributed by atoms with Gasteiger partial charge >= 0.3 is 0 Å². The highest BCUT2D eigenvalue weighted by molar-refractivity contribution is 14.0. The van der Waals surface area contributed by atoms with Crippen LogP contribution in [0.5, 0.6) is 0 Å². The molecule has 0 saturated heterocycles. The molecule has 0 atom stereocenters. The Balaban J connectivity index is 0.00000300. The van der Waals surface area contributed by atoms with Crippen LogP contribution >= 0.6 is 35.6 Å². The number of nitrogens with zero attached hydrogens (tertiary/aromatic N) is 2. The first-order chi connectivity index (χ1) is 13.7. The molecule has 2 aromatic carbocycles. The average Bonchev–Trinajstić information content (AvgIpc) is 2.74. The van der Waals surface area contributed by atoms with Crippen LogP contribution in [-0.2, 0) is 24.3 Å². The third kappa shape index (κ3) is 7.19. The molecule has 3 rings (SSSR count). The summed E-state index contributed by atoms with van der Waals surface area (Å²) in [5.74, 6) is 0.953. The molecule has 0 unspecified atom stereocenters. The number of benzene rings is 2. The van der Waals surface area contributed by atoms with Gasteiger partial charge in [0, 0.05) is 44.7 Å². The number of hydrogen-bond donors (Lipinski definition) is 2. The standard InChI is InChI=1S/C22H27ClN4O.HI/c1-24-22(26-15-17-8-10-20(23)11-9-17)25-13-4-7-21(28)27-14-12-18-5-2-3-6-19(18)16-27;/h2-3,5-6,8-11H,4,7,12-16H2,1H3,(H2,24,25,26);1H. The monoisotopic (exact) mass is 526 g/mol. The zero-order valence-electron chi connectivity index (χ0n) is 16.7. The van der Waals surface area contributed by atoms with Gasteiger partial charge in [-0.1, -0.05) is 48.0 Å². The summed E-state index contributed by atoms with van der Waals surface area (Å²) >= 11 is 5.91. The minimum Gasteiger partial charge on any atom is -0.356 e. The molecule has 0 aromatic heterocycles. The maximum Gasteiger partial charge on any atom is 0.222 e. The lowest BCUT2D eigenvalue weighted by Gasteiger charge is -2.29. The number of amides is 1. The van der Waals surface area contributed by atoms with Crippen molar-refractivity contribution in [2.45, 2.75) is 32.4 Å². The molecule has 0 spiro atoms. The van der Waals surface area contributed by atoms with Crippen molar-refractivity contribution in [3.63, 3.8) is 0 Å². The minimum absolute atomic E-state index is 0. The lowest BCUT2D eigenvalue weighted by atomic mass is 9.99. The van der Waals surface area contributed by atoms with Gasteiger partial charge in [-0.15, -0.1) is 24.0 Å². The lowest BCUT2D eigenvalue weighted by Crippen LogP contribution is -2.38. The van der Waals surface area contributed by atoms with E-state index in [1.165, 1.54) is 11.1 Å². The van der Waals surface area contributed by atoms with Crippen LogP contribution in [0.4, 0.5) is 0 Å². The molecule has 0 fully saturated rings. The summed E-state index contributed by atoms with van der Waals surface area (Å²) in [7, 11) is 1.74. The fourth-order valence-corrected chi connectivity index (χ4v) is 3.45. The number of fused-ring (bicyclic) bond motifs is 1. The van der Waals surface area contributed by atoms with Crippen LogP contribution in [0.3, 0.4) is 0 Å². The molecule has 29 heavy (non-hydrogen) atoms. The zero-order chi connectivity index (χ0) is 19.8.